The van der Waals surface area contributed by atoms with Crippen molar-refractivity contribution in [3.63, 3.8) is 0 Å². The van der Waals surface area contributed by atoms with Crippen molar-refractivity contribution in [1.29, 1.82) is 0 Å². The number of rotatable bonds is 3. The van der Waals surface area contributed by atoms with Crippen molar-refractivity contribution in [2.45, 2.75) is 3.23 Å². The van der Waals surface area contributed by atoms with Crippen LogP contribution in [-0.2, 0) is 12.8 Å². The second-order valence-electron chi connectivity index (χ2n) is 2.84. The Morgan fingerprint density at radius 3 is 2.50 bits per heavy atom. The molecule has 0 N–H and O–H groups in total. The minimum atomic E-state index is -1.40. The summed E-state index contributed by atoms with van der Waals surface area (Å²) in [4.78, 5) is 21.7. The Hall–Kier alpha value is -0.950. The van der Waals surface area contributed by atoms with Crippen molar-refractivity contribution in [2.24, 2.45) is 0 Å². The summed E-state index contributed by atoms with van der Waals surface area (Å²) in [5.41, 5.74) is 0.0218. The van der Waals surface area contributed by atoms with Crippen LogP contribution in [0.3, 0.4) is 0 Å². The standard InChI is InChI=1S/C9H7Br2NO4/c1-16-8(13)9(10,11)6-4-2-3-5-7(6)12(14)15/h2-5H,1H3. The van der Waals surface area contributed by atoms with Gasteiger partial charge in [0, 0.05) is 6.07 Å². The van der Waals surface area contributed by atoms with E-state index in [1.807, 2.05) is 0 Å². The Morgan fingerprint density at radius 1 is 1.44 bits per heavy atom. The Balaban J connectivity index is 3.32. The maximum atomic E-state index is 11.5. The molecule has 0 radical (unpaired) electrons. The first-order chi connectivity index (χ1) is 7.41. The molecule has 0 aliphatic heterocycles. The summed E-state index contributed by atoms with van der Waals surface area (Å²) in [6, 6.07) is 5.91. The van der Waals surface area contributed by atoms with Crippen molar-refractivity contribution in [1.82, 2.24) is 0 Å². The van der Waals surface area contributed by atoms with Crippen molar-refractivity contribution < 1.29 is 14.5 Å². The smallest absolute Gasteiger partial charge is 0.338 e. The molecule has 1 rings (SSSR count). The van der Waals surface area contributed by atoms with Crippen LogP contribution < -0.4 is 0 Å². The first-order valence-electron chi connectivity index (χ1n) is 4.11. The lowest BCUT2D eigenvalue weighted by Crippen LogP contribution is -2.24. The summed E-state index contributed by atoms with van der Waals surface area (Å²) in [6.07, 6.45) is 0. The number of nitrogens with zero attached hydrogens (tertiary/aromatic N) is 1. The highest BCUT2D eigenvalue weighted by Gasteiger charge is 2.40. The molecule has 1 aromatic carbocycles. The van der Waals surface area contributed by atoms with E-state index in [4.69, 9.17) is 0 Å². The van der Waals surface area contributed by atoms with Gasteiger partial charge in [0.25, 0.3) is 5.69 Å². The number of alkyl halides is 2. The Morgan fingerprint density at radius 2 is 2.00 bits per heavy atom. The number of carbonyl (C=O) groups is 1. The largest absolute Gasteiger partial charge is 0.467 e. The number of ether oxygens (including phenoxy) is 1. The molecule has 0 heterocycles. The number of halogens is 2. The number of nitro groups is 1. The van der Waals surface area contributed by atoms with Crippen LogP contribution in [0.25, 0.3) is 0 Å². The fourth-order valence-electron chi connectivity index (χ4n) is 1.14. The summed E-state index contributed by atoms with van der Waals surface area (Å²) in [7, 11) is 1.20. The molecule has 0 bridgehead atoms. The second-order valence-corrected chi connectivity index (χ2v) is 6.28. The highest BCUT2D eigenvalue weighted by atomic mass is 79.9. The van der Waals surface area contributed by atoms with Gasteiger partial charge in [0.1, 0.15) is 0 Å². The number of methoxy groups -OCH3 is 1. The zero-order valence-corrected chi connectivity index (χ0v) is 11.3. The molecule has 0 aliphatic rings. The van der Waals surface area contributed by atoms with E-state index in [-0.39, 0.29) is 11.3 Å². The third-order valence-corrected chi connectivity index (χ3v) is 3.38. The topological polar surface area (TPSA) is 69.4 Å². The van der Waals surface area contributed by atoms with Crippen LogP contribution in [0, 0.1) is 10.1 Å². The summed E-state index contributed by atoms with van der Waals surface area (Å²) in [5, 5.41) is 10.8. The highest BCUT2D eigenvalue weighted by Crippen LogP contribution is 2.43. The van der Waals surface area contributed by atoms with Crippen LogP contribution in [0.15, 0.2) is 24.3 Å². The number of nitro benzene ring substituents is 1. The number of esters is 1. The van der Waals surface area contributed by atoms with Gasteiger partial charge in [-0.15, -0.1) is 0 Å². The molecule has 0 unspecified atom stereocenters. The van der Waals surface area contributed by atoms with Gasteiger partial charge in [-0.2, -0.15) is 0 Å². The lowest BCUT2D eigenvalue weighted by molar-refractivity contribution is -0.385. The van der Waals surface area contributed by atoms with Gasteiger partial charge in [-0.1, -0.05) is 44.0 Å². The minimum Gasteiger partial charge on any atom is -0.467 e. The van der Waals surface area contributed by atoms with Gasteiger partial charge < -0.3 is 4.74 Å². The lowest BCUT2D eigenvalue weighted by Gasteiger charge is -2.17. The van der Waals surface area contributed by atoms with E-state index >= 15 is 0 Å². The molecule has 16 heavy (non-hydrogen) atoms. The molecule has 0 aliphatic carbocycles. The van der Waals surface area contributed by atoms with E-state index in [2.05, 4.69) is 36.6 Å². The normalized spacial score (nSPS) is 10.9. The van der Waals surface area contributed by atoms with Gasteiger partial charge >= 0.3 is 5.97 Å². The van der Waals surface area contributed by atoms with Gasteiger partial charge in [0.05, 0.1) is 17.6 Å². The van der Waals surface area contributed by atoms with Crippen LogP contribution in [0.1, 0.15) is 5.56 Å². The van der Waals surface area contributed by atoms with Crippen LogP contribution in [0.5, 0.6) is 0 Å². The van der Waals surface area contributed by atoms with Crippen molar-refractivity contribution >= 4 is 43.5 Å². The van der Waals surface area contributed by atoms with E-state index < -0.39 is 14.1 Å². The van der Waals surface area contributed by atoms with E-state index in [1.165, 1.54) is 25.3 Å². The summed E-state index contributed by atoms with van der Waals surface area (Å²) < 4.78 is 3.14. The molecule has 0 aromatic heterocycles. The number of benzene rings is 1. The van der Waals surface area contributed by atoms with Gasteiger partial charge in [-0.3, -0.25) is 10.1 Å². The summed E-state index contributed by atoms with van der Waals surface area (Å²) in [5.74, 6) is -0.665. The van der Waals surface area contributed by atoms with Crippen molar-refractivity contribution in [3.05, 3.63) is 39.9 Å². The van der Waals surface area contributed by atoms with Gasteiger partial charge in [0.2, 0.25) is 3.23 Å². The summed E-state index contributed by atoms with van der Waals surface area (Å²) >= 11 is 6.15. The quantitative estimate of drug-likeness (QED) is 0.363. The Labute approximate surface area is 108 Å². The van der Waals surface area contributed by atoms with E-state index in [0.29, 0.717) is 0 Å². The molecule has 7 heteroatoms. The highest BCUT2D eigenvalue weighted by molar-refractivity contribution is 9.25. The molecule has 5 nitrogen and oxygen atoms in total. The van der Waals surface area contributed by atoms with Crippen molar-refractivity contribution in [2.75, 3.05) is 7.11 Å². The minimum absolute atomic E-state index is 0.165. The lowest BCUT2D eigenvalue weighted by atomic mass is 10.1. The van der Waals surface area contributed by atoms with Crippen LogP contribution in [0.2, 0.25) is 0 Å². The van der Waals surface area contributed by atoms with E-state index in [1.54, 1.807) is 6.07 Å². The molecule has 0 fully saturated rings. The maximum Gasteiger partial charge on any atom is 0.338 e. The monoisotopic (exact) mass is 351 g/mol. The Kier molecular flexibility index (Phi) is 4.03. The number of hydrogen-bond acceptors (Lipinski definition) is 4. The maximum absolute atomic E-state index is 11.5. The predicted molar refractivity (Wildman–Crippen MR) is 64.6 cm³/mol. The average molecular weight is 353 g/mol. The third kappa shape index (κ3) is 2.41. The van der Waals surface area contributed by atoms with Gasteiger partial charge in [-0.25, -0.2) is 4.79 Å². The van der Waals surface area contributed by atoms with Crippen molar-refractivity contribution in [3.8, 4) is 0 Å². The molecule has 0 amide bonds. The van der Waals surface area contributed by atoms with E-state index in [9.17, 15) is 14.9 Å². The first kappa shape index (κ1) is 13.1. The fraction of sp³-hybridized carbons (Fsp3) is 0.222. The van der Waals surface area contributed by atoms with Crippen LogP contribution >= 0.6 is 31.9 Å². The molecule has 0 spiro atoms. The number of para-hydroxylation sites is 1. The zero-order chi connectivity index (χ0) is 12.3. The fourth-order valence-corrected chi connectivity index (χ4v) is 2.13. The molecule has 0 saturated heterocycles. The van der Waals surface area contributed by atoms with Crippen LogP contribution in [-0.4, -0.2) is 18.0 Å². The average Bonchev–Trinajstić information content (AvgIpc) is 2.27. The molecule has 0 atom stereocenters. The van der Waals surface area contributed by atoms with Gasteiger partial charge in [-0.05, 0) is 6.07 Å². The Bertz CT molecular complexity index is 433. The molecule has 86 valence electrons. The number of hydrogen-bond donors (Lipinski definition) is 0. The third-order valence-electron chi connectivity index (χ3n) is 1.88. The molecular weight excluding hydrogens is 346 g/mol. The zero-order valence-electron chi connectivity index (χ0n) is 8.15. The molecular formula is C9H7Br2NO4. The molecule has 0 saturated carbocycles. The SMILES string of the molecule is COC(=O)C(Br)(Br)c1ccccc1[N+](=O)[O-]. The van der Waals surface area contributed by atoms with Gasteiger partial charge in [0.15, 0.2) is 0 Å². The summed E-state index contributed by atoms with van der Waals surface area (Å²) in [6.45, 7) is 0. The predicted octanol–water partition coefficient (Wildman–Crippen LogP) is 2.71. The second kappa shape index (κ2) is 4.92. The molecule has 1 aromatic rings. The van der Waals surface area contributed by atoms with E-state index in [0.717, 1.165) is 0 Å². The first-order valence-corrected chi connectivity index (χ1v) is 5.70. The number of carbonyl (C=O) groups excluding carboxylic acids is 1. The van der Waals surface area contributed by atoms with Crippen LogP contribution in [0.4, 0.5) is 5.69 Å².